The number of phenols is 1. The number of rotatable bonds is 8. The van der Waals surface area contributed by atoms with E-state index in [0.29, 0.717) is 11.3 Å². The first-order valence-electron chi connectivity index (χ1n) is 11.8. The van der Waals surface area contributed by atoms with Crippen LogP contribution in [-0.4, -0.2) is 40.4 Å². The number of amides is 3. The molecule has 1 fully saturated rings. The van der Waals surface area contributed by atoms with Gasteiger partial charge in [-0.15, -0.1) is 0 Å². The first-order valence-corrected chi connectivity index (χ1v) is 12.6. The monoisotopic (exact) mass is 523 g/mol. The number of primary amides is 1. The number of methoxy groups -OCH3 is 1. The summed E-state index contributed by atoms with van der Waals surface area (Å²) in [6.45, 7) is 1.87. The molecule has 11 heteroatoms. The van der Waals surface area contributed by atoms with Crippen LogP contribution in [0.4, 0.5) is 11.4 Å². The van der Waals surface area contributed by atoms with Crippen LogP contribution in [0.2, 0.25) is 0 Å². The molecule has 2 aromatic carbocycles. The summed E-state index contributed by atoms with van der Waals surface area (Å²) in [4.78, 5) is 41.1. The van der Waals surface area contributed by atoms with Crippen molar-refractivity contribution in [2.45, 2.75) is 44.7 Å². The van der Waals surface area contributed by atoms with E-state index >= 15 is 0 Å². The summed E-state index contributed by atoms with van der Waals surface area (Å²) in [5.41, 5.74) is 12.9. The molecular weight excluding hydrogens is 494 g/mol. The fraction of sp³-hybridized carbons (Fsp3) is 0.308. The summed E-state index contributed by atoms with van der Waals surface area (Å²) in [5.74, 6) is -1.82. The van der Waals surface area contributed by atoms with E-state index in [-0.39, 0.29) is 33.8 Å². The van der Waals surface area contributed by atoms with Gasteiger partial charge in [-0.2, -0.15) is 4.37 Å². The van der Waals surface area contributed by atoms with Gasteiger partial charge in [-0.25, -0.2) is 0 Å². The molecule has 1 saturated carbocycles. The van der Waals surface area contributed by atoms with Crippen molar-refractivity contribution in [2.75, 3.05) is 17.7 Å². The van der Waals surface area contributed by atoms with Gasteiger partial charge in [0.1, 0.15) is 10.9 Å². The Kier molecular flexibility index (Phi) is 7.63. The van der Waals surface area contributed by atoms with E-state index in [9.17, 15) is 19.5 Å². The number of carbonyl (C=O) groups excluding carboxylic acids is 3. The van der Waals surface area contributed by atoms with Crippen molar-refractivity contribution in [1.29, 1.82) is 0 Å². The number of nitrogen functional groups attached to an aromatic ring is 1. The normalized spacial score (nSPS) is 14.2. The minimum atomic E-state index is -1.15. The number of hydrogen-bond donors (Lipinski definition) is 4. The largest absolute Gasteiger partial charge is 0.504 e. The third kappa shape index (κ3) is 5.36. The minimum Gasteiger partial charge on any atom is -0.504 e. The maximum atomic E-state index is 14.1. The molecule has 3 aromatic rings. The molecule has 1 aliphatic rings. The first kappa shape index (κ1) is 26.0. The molecule has 0 bridgehead atoms. The number of ether oxygens (including phenoxy) is 1. The molecule has 0 saturated heterocycles. The molecule has 4 rings (SSSR count). The van der Waals surface area contributed by atoms with Gasteiger partial charge in [0.05, 0.1) is 12.8 Å². The number of hydrogen-bond acceptors (Lipinski definition) is 8. The van der Waals surface area contributed by atoms with Crippen molar-refractivity contribution < 1.29 is 24.2 Å². The van der Waals surface area contributed by atoms with Crippen molar-refractivity contribution in [2.24, 2.45) is 5.73 Å². The van der Waals surface area contributed by atoms with Crippen molar-refractivity contribution in [3.8, 4) is 11.5 Å². The third-order valence-corrected chi connectivity index (χ3v) is 7.23. The second-order valence-electron chi connectivity index (χ2n) is 8.98. The summed E-state index contributed by atoms with van der Waals surface area (Å²) in [6.07, 6.45) is 3.71. The van der Waals surface area contributed by atoms with Crippen LogP contribution in [0.25, 0.3) is 0 Å². The number of phenolic OH excluding ortho intramolecular Hbond substituents is 1. The highest BCUT2D eigenvalue weighted by Crippen LogP contribution is 2.37. The number of carbonyl (C=O) groups is 3. The molecule has 0 spiro atoms. The standard InChI is InChI=1S/C26H29N5O5S/c1-14-6-5-9-17(12-14)31(26(35)23-20(27)21(24(28)33)30-37-23)22(25(34)29-16-7-3-4-8-16)15-10-11-18(32)19(13-15)36-2/h5-6,9-13,16,22,32H,3-4,7-8,27H2,1-2H3,(H2,28,33)(H,29,34)/t22-/m1/s1. The van der Waals surface area contributed by atoms with Crippen LogP contribution in [0.3, 0.4) is 0 Å². The Hall–Kier alpha value is -4.12. The van der Waals surface area contributed by atoms with Crippen molar-refractivity contribution >= 4 is 40.6 Å². The van der Waals surface area contributed by atoms with E-state index in [1.807, 2.05) is 13.0 Å². The summed E-state index contributed by atoms with van der Waals surface area (Å²) in [5, 5.41) is 13.3. The highest BCUT2D eigenvalue weighted by atomic mass is 32.1. The fourth-order valence-corrected chi connectivity index (χ4v) is 5.27. The Morgan fingerprint density at radius 2 is 1.92 bits per heavy atom. The molecule has 0 aliphatic heterocycles. The second kappa shape index (κ2) is 10.9. The molecular formula is C26H29N5O5S. The van der Waals surface area contributed by atoms with Gasteiger partial charge in [0.25, 0.3) is 11.8 Å². The van der Waals surface area contributed by atoms with Crippen LogP contribution in [-0.2, 0) is 4.79 Å². The van der Waals surface area contributed by atoms with Crippen LogP contribution >= 0.6 is 11.5 Å². The lowest BCUT2D eigenvalue weighted by Crippen LogP contribution is -2.46. The molecule has 1 heterocycles. The molecule has 3 amide bonds. The third-order valence-electron chi connectivity index (χ3n) is 6.38. The second-order valence-corrected chi connectivity index (χ2v) is 9.75. The average molecular weight is 524 g/mol. The van der Waals surface area contributed by atoms with Crippen molar-refractivity contribution in [3.05, 3.63) is 64.2 Å². The van der Waals surface area contributed by atoms with Crippen LogP contribution in [0.15, 0.2) is 42.5 Å². The average Bonchev–Trinajstić information content (AvgIpc) is 3.52. The lowest BCUT2D eigenvalue weighted by molar-refractivity contribution is -0.123. The maximum Gasteiger partial charge on any atom is 0.273 e. The number of aromatic nitrogens is 1. The molecule has 194 valence electrons. The molecule has 0 radical (unpaired) electrons. The van der Waals surface area contributed by atoms with E-state index in [1.54, 1.807) is 24.3 Å². The van der Waals surface area contributed by atoms with Crippen molar-refractivity contribution in [1.82, 2.24) is 9.69 Å². The lowest BCUT2D eigenvalue weighted by Gasteiger charge is -2.32. The van der Waals surface area contributed by atoms with Gasteiger partial charge in [0, 0.05) is 11.7 Å². The number of nitrogens with one attached hydrogen (secondary N) is 1. The highest BCUT2D eigenvalue weighted by Gasteiger charge is 2.37. The zero-order valence-electron chi connectivity index (χ0n) is 20.6. The molecule has 1 aliphatic carbocycles. The lowest BCUT2D eigenvalue weighted by atomic mass is 10.0. The molecule has 0 unspecified atom stereocenters. The topological polar surface area (TPSA) is 161 Å². The molecule has 1 aromatic heterocycles. The van der Waals surface area contributed by atoms with E-state index in [0.717, 1.165) is 42.8 Å². The SMILES string of the molecule is COc1cc([C@H](C(=O)NC2CCCC2)N(C(=O)c2snc(C(N)=O)c2N)c2cccc(C)c2)ccc1O. The van der Waals surface area contributed by atoms with Crippen LogP contribution in [0.5, 0.6) is 11.5 Å². The zero-order valence-corrected chi connectivity index (χ0v) is 21.4. The van der Waals surface area contributed by atoms with Gasteiger partial charge < -0.3 is 26.6 Å². The smallest absolute Gasteiger partial charge is 0.273 e. The Morgan fingerprint density at radius 3 is 2.54 bits per heavy atom. The van der Waals surface area contributed by atoms with Crippen LogP contribution in [0, 0.1) is 6.92 Å². The first-order chi connectivity index (χ1) is 17.7. The Morgan fingerprint density at radius 1 is 1.19 bits per heavy atom. The van der Waals surface area contributed by atoms with Crippen LogP contribution in [0.1, 0.15) is 63.0 Å². The summed E-state index contributed by atoms with van der Waals surface area (Å²) >= 11 is 0.744. The van der Waals surface area contributed by atoms with Gasteiger partial charge in [0.2, 0.25) is 5.91 Å². The number of nitrogens with zero attached hydrogens (tertiary/aromatic N) is 2. The summed E-state index contributed by atoms with van der Waals surface area (Å²) < 4.78 is 9.25. The Balaban J connectivity index is 1.89. The predicted octanol–water partition coefficient (Wildman–Crippen LogP) is 3.29. The van der Waals surface area contributed by atoms with Crippen LogP contribution < -0.4 is 26.4 Å². The molecule has 1 atom stereocenters. The Bertz CT molecular complexity index is 1330. The molecule has 37 heavy (non-hydrogen) atoms. The zero-order chi connectivity index (χ0) is 26.7. The van der Waals surface area contributed by atoms with E-state index < -0.39 is 23.8 Å². The van der Waals surface area contributed by atoms with E-state index in [1.165, 1.54) is 24.1 Å². The summed E-state index contributed by atoms with van der Waals surface area (Å²) in [6, 6.07) is 10.5. The number of anilines is 2. The minimum absolute atomic E-state index is 0.0142. The number of aromatic hydroxyl groups is 1. The molecule has 6 N–H and O–H groups in total. The fourth-order valence-electron chi connectivity index (χ4n) is 4.53. The van der Waals surface area contributed by atoms with Gasteiger partial charge in [-0.3, -0.25) is 19.3 Å². The van der Waals surface area contributed by atoms with Gasteiger partial charge >= 0.3 is 0 Å². The summed E-state index contributed by atoms with van der Waals surface area (Å²) in [7, 11) is 1.40. The van der Waals surface area contributed by atoms with Crippen molar-refractivity contribution in [3.63, 3.8) is 0 Å². The van der Waals surface area contributed by atoms with Gasteiger partial charge in [-0.1, -0.05) is 31.0 Å². The number of benzene rings is 2. The van der Waals surface area contributed by atoms with E-state index in [4.69, 9.17) is 16.2 Å². The Labute approximate surface area is 218 Å². The highest BCUT2D eigenvalue weighted by molar-refractivity contribution is 7.09. The maximum absolute atomic E-state index is 14.1. The predicted molar refractivity (Wildman–Crippen MR) is 141 cm³/mol. The number of aryl methyl sites for hydroxylation is 1. The number of nitrogens with two attached hydrogens (primary N) is 2. The van der Waals surface area contributed by atoms with E-state index in [2.05, 4.69) is 9.69 Å². The quantitative estimate of drug-likeness (QED) is 0.352. The van der Waals surface area contributed by atoms with Gasteiger partial charge in [-0.05, 0) is 66.7 Å². The van der Waals surface area contributed by atoms with Gasteiger partial charge in [0.15, 0.2) is 17.2 Å². The molecule has 10 nitrogen and oxygen atoms in total.